The van der Waals surface area contributed by atoms with Crippen molar-refractivity contribution in [2.24, 2.45) is 0 Å². The number of hydrogen-bond acceptors (Lipinski definition) is 3. The van der Waals surface area contributed by atoms with Crippen molar-refractivity contribution in [1.82, 2.24) is 15.5 Å². The predicted molar refractivity (Wildman–Crippen MR) is 77.8 cm³/mol. The number of nitrogens with zero attached hydrogens (tertiary/aromatic N) is 1. The summed E-state index contributed by atoms with van der Waals surface area (Å²) in [7, 11) is 2.09. The minimum Gasteiger partial charge on any atom is -0.481 e. The van der Waals surface area contributed by atoms with Gasteiger partial charge >= 0.3 is 12.0 Å². The Morgan fingerprint density at radius 1 is 1.10 bits per heavy atom. The monoisotopic (exact) mass is 285 g/mol. The molecule has 0 aromatic rings. The molecule has 2 amide bonds. The van der Waals surface area contributed by atoms with Gasteiger partial charge in [-0.15, -0.1) is 0 Å². The number of amides is 2. The molecule has 0 radical (unpaired) electrons. The largest absolute Gasteiger partial charge is 0.481 e. The van der Waals surface area contributed by atoms with Crippen LogP contribution >= 0.6 is 0 Å². The van der Waals surface area contributed by atoms with Crippen molar-refractivity contribution in [3.8, 4) is 0 Å². The zero-order valence-corrected chi connectivity index (χ0v) is 12.4. The highest BCUT2D eigenvalue weighted by Gasteiger charge is 2.25. The third kappa shape index (κ3) is 8.74. The standard InChI is InChI=1S/C14H27N3O3/c1-17(12-7-8-12)11-10-16-14(20)15-9-5-3-2-4-6-13(18)19/h12H,2-11H2,1H3,(H,18,19)(H2,15,16,20). The van der Waals surface area contributed by atoms with Crippen molar-refractivity contribution in [2.75, 3.05) is 26.7 Å². The number of unbranched alkanes of at least 4 members (excludes halogenated alkanes) is 3. The minimum atomic E-state index is -0.737. The smallest absolute Gasteiger partial charge is 0.314 e. The number of carbonyl (C=O) groups excluding carboxylic acids is 1. The van der Waals surface area contributed by atoms with Gasteiger partial charge in [0.05, 0.1) is 0 Å². The van der Waals surface area contributed by atoms with Gasteiger partial charge in [-0.2, -0.15) is 0 Å². The van der Waals surface area contributed by atoms with Crippen LogP contribution in [0.4, 0.5) is 4.79 Å². The Balaban J connectivity index is 1.83. The number of hydrogen-bond donors (Lipinski definition) is 3. The van der Waals surface area contributed by atoms with E-state index in [2.05, 4.69) is 22.6 Å². The van der Waals surface area contributed by atoms with Gasteiger partial charge in [-0.1, -0.05) is 12.8 Å². The molecule has 1 aliphatic carbocycles. The number of carboxylic acid groups (broad SMARTS) is 1. The molecule has 0 aliphatic heterocycles. The van der Waals surface area contributed by atoms with Gasteiger partial charge in [0.2, 0.25) is 0 Å². The van der Waals surface area contributed by atoms with E-state index in [0.29, 0.717) is 13.1 Å². The molecule has 0 spiro atoms. The Labute approximate surface area is 120 Å². The molecular formula is C14H27N3O3. The summed E-state index contributed by atoms with van der Waals surface area (Å²) in [5, 5.41) is 14.1. The van der Waals surface area contributed by atoms with Gasteiger partial charge in [0, 0.05) is 32.1 Å². The van der Waals surface area contributed by atoms with E-state index in [0.717, 1.165) is 38.3 Å². The van der Waals surface area contributed by atoms with Crippen LogP contribution in [-0.2, 0) is 4.79 Å². The lowest BCUT2D eigenvalue weighted by atomic mass is 10.1. The molecule has 0 heterocycles. The molecule has 0 saturated heterocycles. The fraction of sp³-hybridized carbons (Fsp3) is 0.857. The highest BCUT2D eigenvalue weighted by molar-refractivity contribution is 5.73. The van der Waals surface area contributed by atoms with E-state index in [1.54, 1.807) is 0 Å². The first-order valence-corrected chi connectivity index (χ1v) is 7.53. The van der Waals surface area contributed by atoms with Crippen LogP contribution in [0.5, 0.6) is 0 Å². The first-order valence-electron chi connectivity index (χ1n) is 7.53. The van der Waals surface area contributed by atoms with Crippen molar-refractivity contribution >= 4 is 12.0 Å². The zero-order valence-electron chi connectivity index (χ0n) is 12.4. The highest BCUT2D eigenvalue weighted by Crippen LogP contribution is 2.24. The van der Waals surface area contributed by atoms with Gasteiger partial charge < -0.3 is 20.6 Å². The summed E-state index contributed by atoms with van der Waals surface area (Å²) in [4.78, 5) is 24.1. The first kappa shape index (κ1) is 16.8. The predicted octanol–water partition coefficient (Wildman–Crippen LogP) is 1.41. The molecule has 1 saturated carbocycles. The van der Waals surface area contributed by atoms with Gasteiger partial charge in [0.1, 0.15) is 0 Å². The maximum Gasteiger partial charge on any atom is 0.314 e. The van der Waals surface area contributed by atoms with Crippen LogP contribution < -0.4 is 10.6 Å². The summed E-state index contributed by atoms with van der Waals surface area (Å²) in [6, 6.07) is 0.616. The summed E-state index contributed by atoms with van der Waals surface area (Å²) >= 11 is 0. The molecule has 0 bridgehead atoms. The molecule has 0 aromatic carbocycles. The second kappa shape index (κ2) is 9.58. The van der Waals surface area contributed by atoms with Crippen LogP contribution in [0.2, 0.25) is 0 Å². The summed E-state index contributed by atoms with van der Waals surface area (Å²) in [6.45, 7) is 2.22. The van der Waals surface area contributed by atoms with Gasteiger partial charge in [0.25, 0.3) is 0 Å². The molecule has 20 heavy (non-hydrogen) atoms. The average Bonchev–Trinajstić information content (AvgIpc) is 3.21. The van der Waals surface area contributed by atoms with Gasteiger partial charge in [-0.25, -0.2) is 4.79 Å². The number of likely N-dealkylation sites (N-methyl/N-ethyl adjacent to an activating group) is 1. The number of carbonyl (C=O) groups is 2. The summed E-state index contributed by atoms with van der Waals surface area (Å²) in [5.74, 6) is -0.737. The Morgan fingerprint density at radius 3 is 2.40 bits per heavy atom. The number of carboxylic acids is 1. The van der Waals surface area contributed by atoms with Crippen LogP contribution in [0, 0.1) is 0 Å². The third-order valence-electron chi connectivity index (χ3n) is 3.52. The average molecular weight is 285 g/mol. The Bertz CT molecular complexity index is 306. The lowest BCUT2D eigenvalue weighted by molar-refractivity contribution is -0.137. The SMILES string of the molecule is CN(CCNC(=O)NCCCCCCC(=O)O)C1CC1. The third-order valence-corrected chi connectivity index (χ3v) is 3.52. The summed E-state index contributed by atoms with van der Waals surface area (Å²) in [5.41, 5.74) is 0. The maximum atomic E-state index is 11.5. The topological polar surface area (TPSA) is 81.7 Å². The lowest BCUT2D eigenvalue weighted by Gasteiger charge is -2.15. The molecular weight excluding hydrogens is 258 g/mol. The molecule has 1 rings (SSSR count). The van der Waals surface area contributed by atoms with Crippen LogP contribution in [0.3, 0.4) is 0 Å². The Morgan fingerprint density at radius 2 is 1.75 bits per heavy atom. The van der Waals surface area contributed by atoms with E-state index < -0.39 is 5.97 Å². The molecule has 6 nitrogen and oxygen atoms in total. The van der Waals surface area contributed by atoms with E-state index in [1.807, 2.05) is 0 Å². The van der Waals surface area contributed by atoms with Crippen molar-refractivity contribution in [3.05, 3.63) is 0 Å². The summed E-state index contributed by atoms with van der Waals surface area (Å²) < 4.78 is 0. The molecule has 0 aromatic heterocycles. The van der Waals surface area contributed by atoms with Crippen molar-refractivity contribution in [1.29, 1.82) is 0 Å². The fourth-order valence-electron chi connectivity index (χ4n) is 2.06. The van der Waals surface area contributed by atoms with E-state index in [-0.39, 0.29) is 12.5 Å². The van der Waals surface area contributed by atoms with E-state index >= 15 is 0 Å². The molecule has 1 fully saturated rings. The molecule has 3 N–H and O–H groups in total. The van der Waals surface area contributed by atoms with E-state index in [9.17, 15) is 9.59 Å². The van der Waals surface area contributed by atoms with E-state index in [4.69, 9.17) is 5.11 Å². The number of rotatable bonds is 11. The van der Waals surface area contributed by atoms with Gasteiger partial charge in [-0.05, 0) is 32.7 Å². The molecule has 0 unspecified atom stereocenters. The quantitative estimate of drug-likeness (QED) is 0.501. The molecule has 116 valence electrons. The normalized spacial score (nSPS) is 14.3. The van der Waals surface area contributed by atoms with Crippen LogP contribution in [-0.4, -0.2) is 54.7 Å². The Kier molecular flexibility index (Phi) is 8.02. The first-order chi connectivity index (χ1) is 9.59. The van der Waals surface area contributed by atoms with Crippen LogP contribution in [0.1, 0.15) is 44.9 Å². The van der Waals surface area contributed by atoms with Crippen LogP contribution in [0.15, 0.2) is 0 Å². The number of nitrogens with one attached hydrogen (secondary N) is 2. The van der Waals surface area contributed by atoms with Crippen molar-refractivity contribution in [3.63, 3.8) is 0 Å². The summed E-state index contributed by atoms with van der Waals surface area (Å²) in [6.07, 6.45) is 6.28. The number of aliphatic carboxylic acids is 1. The second-order valence-electron chi connectivity index (χ2n) is 5.45. The highest BCUT2D eigenvalue weighted by atomic mass is 16.4. The van der Waals surface area contributed by atoms with Crippen molar-refractivity contribution in [2.45, 2.75) is 51.0 Å². The van der Waals surface area contributed by atoms with Crippen molar-refractivity contribution < 1.29 is 14.7 Å². The minimum absolute atomic E-state index is 0.111. The molecule has 6 heteroatoms. The number of urea groups is 1. The second-order valence-corrected chi connectivity index (χ2v) is 5.45. The zero-order chi connectivity index (χ0) is 14.8. The maximum absolute atomic E-state index is 11.5. The van der Waals surface area contributed by atoms with E-state index in [1.165, 1.54) is 12.8 Å². The van der Waals surface area contributed by atoms with Gasteiger partial charge in [-0.3, -0.25) is 4.79 Å². The lowest BCUT2D eigenvalue weighted by Crippen LogP contribution is -2.40. The molecule has 1 aliphatic rings. The Hall–Kier alpha value is -1.30. The van der Waals surface area contributed by atoms with Gasteiger partial charge in [0.15, 0.2) is 0 Å². The van der Waals surface area contributed by atoms with Crippen LogP contribution in [0.25, 0.3) is 0 Å². The molecule has 0 atom stereocenters. The fourth-order valence-corrected chi connectivity index (χ4v) is 2.06.